The lowest BCUT2D eigenvalue weighted by atomic mass is 10.0. The third kappa shape index (κ3) is 3.79. The van der Waals surface area contributed by atoms with Gasteiger partial charge in [-0.2, -0.15) is 0 Å². The fraction of sp³-hybridized carbons (Fsp3) is 0.0870. The van der Waals surface area contributed by atoms with E-state index in [9.17, 15) is 4.79 Å². The summed E-state index contributed by atoms with van der Waals surface area (Å²) < 4.78 is 10.8. The highest BCUT2D eigenvalue weighted by Crippen LogP contribution is 2.25. The molecule has 9 nitrogen and oxygen atoms in total. The Hall–Kier alpha value is -4.53. The molecule has 1 amide bonds. The standard InChI is InChI=1S/C23H18N6O3/c1-31-18-13-7-12-17(24-18)22-28-29-23(32-22)27-20-21(30)25-16-11-6-5-10-15(16)19(26-20)14-8-3-2-4-9-14/h2-13,20H,1H3,(H,25,30)(H,27,29). The number of carbonyl (C=O) groups excluding carboxylic acids is 1. The lowest BCUT2D eigenvalue weighted by Crippen LogP contribution is -2.32. The third-order valence-corrected chi connectivity index (χ3v) is 4.83. The van der Waals surface area contributed by atoms with Gasteiger partial charge in [-0.15, -0.1) is 5.10 Å². The molecular weight excluding hydrogens is 408 g/mol. The molecular formula is C23H18N6O3. The van der Waals surface area contributed by atoms with Crippen molar-refractivity contribution in [2.24, 2.45) is 4.99 Å². The van der Waals surface area contributed by atoms with Gasteiger partial charge in [-0.3, -0.25) is 4.79 Å². The number of nitrogens with zero attached hydrogens (tertiary/aromatic N) is 4. The number of fused-ring (bicyclic) bond motifs is 1. The SMILES string of the molecule is COc1cccc(-c2nnc(NC3N=C(c4ccccc4)c4ccccc4NC3=O)o2)n1. The zero-order chi connectivity index (χ0) is 21.9. The maximum Gasteiger partial charge on any atom is 0.317 e. The van der Waals surface area contributed by atoms with E-state index in [0.29, 0.717) is 23.0 Å². The topological polar surface area (TPSA) is 115 Å². The van der Waals surface area contributed by atoms with Crippen LogP contribution in [0.1, 0.15) is 11.1 Å². The van der Waals surface area contributed by atoms with Gasteiger partial charge >= 0.3 is 6.01 Å². The fourth-order valence-electron chi connectivity index (χ4n) is 3.33. The minimum atomic E-state index is -0.982. The van der Waals surface area contributed by atoms with Crippen LogP contribution in [0, 0.1) is 0 Å². The summed E-state index contributed by atoms with van der Waals surface area (Å²) in [6, 6.07) is 22.5. The van der Waals surface area contributed by atoms with Crippen LogP contribution in [0.2, 0.25) is 0 Å². The highest BCUT2D eigenvalue weighted by Gasteiger charge is 2.27. The van der Waals surface area contributed by atoms with Crippen LogP contribution in [0.3, 0.4) is 0 Å². The van der Waals surface area contributed by atoms with Crippen LogP contribution in [-0.4, -0.2) is 40.1 Å². The number of rotatable bonds is 5. The third-order valence-electron chi connectivity index (χ3n) is 4.83. The maximum atomic E-state index is 12.9. The number of nitrogens with one attached hydrogen (secondary N) is 2. The van der Waals surface area contributed by atoms with Crippen molar-refractivity contribution in [2.45, 2.75) is 6.17 Å². The molecule has 0 bridgehead atoms. The Morgan fingerprint density at radius 2 is 1.78 bits per heavy atom. The molecule has 1 atom stereocenters. The zero-order valence-corrected chi connectivity index (χ0v) is 17.0. The predicted molar refractivity (Wildman–Crippen MR) is 119 cm³/mol. The Labute approximate surface area is 183 Å². The molecule has 0 aliphatic carbocycles. The molecule has 0 saturated heterocycles. The van der Waals surface area contributed by atoms with E-state index in [1.54, 1.807) is 18.2 Å². The molecule has 1 aliphatic heterocycles. The molecule has 32 heavy (non-hydrogen) atoms. The summed E-state index contributed by atoms with van der Waals surface area (Å²) in [5, 5.41) is 13.8. The molecule has 2 aromatic carbocycles. The average molecular weight is 426 g/mol. The number of aromatic nitrogens is 3. The van der Waals surface area contributed by atoms with Crippen LogP contribution in [-0.2, 0) is 4.79 Å². The Morgan fingerprint density at radius 1 is 0.969 bits per heavy atom. The van der Waals surface area contributed by atoms with Crippen molar-refractivity contribution in [1.82, 2.24) is 15.2 Å². The van der Waals surface area contributed by atoms with Crippen LogP contribution in [0.15, 0.2) is 82.2 Å². The summed E-state index contributed by atoms with van der Waals surface area (Å²) >= 11 is 0. The lowest BCUT2D eigenvalue weighted by Gasteiger charge is -2.11. The number of hydrogen-bond donors (Lipinski definition) is 2. The first kappa shape index (κ1) is 19.4. The Balaban J connectivity index is 1.48. The summed E-state index contributed by atoms with van der Waals surface area (Å²) in [7, 11) is 1.53. The first-order valence-corrected chi connectivity index (χ1v) is 9.86. The van der Waals surface area contributed by atoms with Gasteiger partial charge in [-0.25, -0.2) is 9.98 Å². The summed E-state index contributed by atoms with van der Waals surface area (Å²) in [5.41, 5.74) is 3.51. The largest absolute Gasteiger partial charge is 0.481 e. The molecule has 0 fully saturated rings. The van der Waals surface area contributed by atoms with Gasteiger partial charge in [0.15, 0.2) is 0 Å². The second-order valence-corrected chi connectivity index (χ2v) is 6.90. The van der Waals surface area contributed by atoms with E-state index in [2.05, 4.69) is 25.8 Å². The Morgan fingerprint density at radius 3 is 2.62 bits per heavy atom. The lowest BCUT2D eigenvalue weighted by molar-refractivity contribution is -0.116. The molecule has 5 rings (SSSR count). The number of anilines is 2. The van der Waals surface area contributed by atoms with Crippen molar-refractivity contribution in [1.29, 1.82) is 0 Å². The molecule has 3 heterocycles. The van der Waals surface area contributed by atoms with E-state index < -0.39 is 6.17 Å². The minimum Gasteiger partial charge on any atom is -0.481 e. The number of amides is 1. The van der Waals surface area contributed by atoms with Gasteiger partial charge in [-0.05, 0) is 12.1 Å². The number of aliphatic imine (C=N–C) groups is 1. The molecule has 0 radical (unpaired) electrons. The average Bonchev–Trinajstić information content (AvgIpc) is 3.26. The van der Waals surface area contributed by atoms with Crippen molar-refractivity contribution in [2.75, 3.05) is 17.7 Å². The van der Waals surface area contributed by atoms with Crippen molar-refractivity contribution in [3.8, 4) is 17.5 Å². The molecule has 2 aromatic heterocycles. The highest BCUT2D eigenvalue weighted by atomic mass is 16.5. The molecule has 1 aliphatic rings. The van der Waals surface area contributed by atoms with E-state index in [1.165, 1.54) is 7.11 Å². The van der Waals surface area contributed by atoms with E-state index in [-0.39, 0.29) is 17.8 Å². The Kier molecular flexibility index (Phi) is 5.04. The molecule has 158 valence electrons. The van der Waals surface area contributed by atoms with Crippen molar-refractivity contribution in [3.63, 3.8) is 0 Å². The van der Waals surface area contributed by atoms with Gasteiger partial charge in [0, 0.05) is 17.2 Å². The number of benzodiazepines with no additional fused rings is 1. The maximum absolute atomic E-state index is 12.9. The quantitative estimate of drug-likeness (QED) is 0.503. The molecule has 1 unspecified atom stereocenters. The number of carbonyl (C=O) groups is 1. The van der Waals surface area contributed by atoms with E-state index in [1.807, 2.05) is 54.6 Å². The Bertz CT molecular complexity index is 1300. The fourth-order valence-corrected chi connectivity index (χ4v) is 3.33. The van der Waals surface area contributed by atoms with Crippen molar-refractivity contribution >= 4 is 23.3 Å². The van der Waals surface area contributed by atoms with Crippen molar-refractivity contribution < 1.29 is 13.9 Å². The molecule has 4 aromatic rings. The van der Waals surface area contributed by atoms with Crippen LogP contribution in [0.5, 0.6) is 5.88 Å². The number of benzene rings is 2. The van der Waals surface area contributed by atoms with E-state index >= 15 is 0 Å². The summed E-state index contributed by atoms with van der Waals surface area (Å²) in [5.74, 6) is 0.270. The van der Waals surface area contributed by atoms with Crippen molar-refractivity contribution in [3.05, 3.63) is 83.9 Å². The summed E-state index contributed by atoms with van der Waals surface area (Å²) in [4.78, 5) is 21.9. The number of hydrogen-bond acceptors (Lipinski definition) is 8. The number of pyridine rings is 1. The second-order valence-electron chi connectivity index (χ2n) is 6.90. The normalized spacial score (nSPS) is 15.2. The van der Waals surface area contributed by atoms with Gasteiger partial charge in [0.25, 0.3) is 11.8 Å². The smallest absolute Gasteiger partial charge is 0.317 e. The predicted octanol–water partition coefficient (Wildman–Crippen LogP) is 3.37. The second kappa shape index (κ2) is 8.31. The monoisotopic (exact) mass is 426 g/mol. The number of methoxy groups -OCH3 is 1. The first-order valence-electron chi connectivity index (χ1n) is 9.86. The van der Waals surface area contributed by atoms with Crippen LogP contribution in [0.25, 0.3) is 11.6 Å². The molecule has 0 spiro atoms. The van der Waals surface area contributed by atoms with Gasteiger partial charge in [-0.1, -0.05) is 59.7 Å². The molecule has 0 saturated carbocycles. The number of para-hydroxylation sites is 1. The van der Waals surface area contributed by atoms with Gasteiger partial charge in [0.1, 0.15) is 5.69 Å². The zero-order valence-electron chi connectivity index (χ0n) is 17.0. The van der Waals surface area contributed by atoms with Crippen LogP contribution in [0.4, 0.5) is 11.7 Å². The summed E-state index contributed by atoms with van der Waals surface area (Å²) in [6.45, 7) is 0. The number of ether oxygens (including phenoxy) is 1. The van der Waals surface area contributed by atoms with Gasteiger partial charge in [0.2, 0.25) is 12.0 Å². The van der Waals surface area contributed by atoms with E-state index in [4.69, 9.17) is 14.1 Å². The highest BCUT2D eigenvalue weighted by molar-refractivity contribution is 6.19. The first-order chi connectivity index (χ1) is 15.7. The molecule has 2 N–H and O–H groups in total. The van der Waals surface area contributed by atoms with Gasteiger partial charge in [0.05, 0.1) is 18.5 Å². The molecule has 9 heteroatoms. The van der Waals surface area contributed by atoms with Crippen LogP contribution < -0.4 is 15.4 Å². The van der Waals surface area contributed by atoms with E-state index in [0.717, 1.165) is 11.1 Å². The van der Waals surface area contributed by atoms with Gasteiger partial charge < -0.3 is 19.8 Å². The minimum absolute atomic E-state index is 0.0480. The summed E-state index contributed by atoms with van der Waals surface area (Å²) in [6.07, 6.45) is -0.982. The van der Waals surface area contributed by atoms with Crippen LogP contribution >= 0.6 is 0 Å².